The number of fused-ring (bicyclic) bond motifs is 1. The van der Waals surface area contributed by atoms with Gasteiger partial charge in [0.05, 0.1) is 5.69 Å². The molecule has 4 aromatic carbocycles. The SMILES string of the molecule is O=Nc1ccc2ccccc2c1NCCCN1C(=O)c2cccc3cccc(c23)C1=O. The van der Waals surface area contributed by atoms with Crippen LogP contribution in [0.15, 0.2) is 78.0 Å². The Morgan fingerprint density at radius 3 is 2.16 bits per heavy atom. The average Bonchev–Trinajstić information content (AvgIpc) is 2.81. The standard InChI is InChI=1S/C25H19N3O3/c29-24-19-10-3-7-17-8-4-11-20(22(17)19)25(30)28(24)15-5-14-26-23-18-9-2-1-6-16(18)12-13-21(23)27-31/h1-4,6-13,26H,5,14-15H2. The van der Waals surface area contributed by atoms with E-state index in [1.807, 2.05) is 54.6 Å². The lowest BCUT2D eigenvalue weighted by molar-refractivity contribution is 0.0610. The van der Waals surface area contributed by atoms with Gasteiger partial charge in [-0.2, -0.15) is 0 Å². The molecule has 0 atom stereocenters. The van der Waals surface area contributed by atoms with Crippen LogP contribution in [0.4, 0.5) is 11.4 Å². The van der Waals surface area contributed by atoms with Crippen LogP contribution in [0.2, 0.25) is 0 Å². The molecule has 1 aliphatic rings. The first-order chi connectivity index (χ1) is 15.2. The lowest BCUT2D eigenvalue weighted by Crippen LogP contribution is -2.41. The summed E-state index contributed by atoms with van der Waals surface area (Å²) in [7, 11) is 0. The molecule has 6 heteroatoms. The van der Waals surface area contributed by atoms with Gasteiger partial charge in [-0.15, -0.1) is 4.91 Å². The molecule has 2 amide bonds. The average molecular weight is 409 g/mol. The summed E-state index contributed by atoms with van der Waals surface area (Å²) in [5, 5.41) is 9.93. The Hall–Kier alpha value is -4.06. The van der Waals surface area contributed by atoms with Crippen LogP contribution in [0.5, 0.6) is 0 Å². The Bertz CT molecular complexity index is 1310. The van der Waals surface area contributed by atoms with Gasteiger partial charge in [-0.25, -0.2) is 0 Å². The minimum atomic E-state index is -0.269. The van der Waals surface area contributed by atoms with Gasteiger partial charge in [0, 0.05) is 35.0 Å². The summed E-state index contributed by atoms with van der Waals surface area (Å²) in [6, 6.07) is 22.3. The van der Waals surface area contributed by atoms with Crippen molar-refractivity contribution in [2.24, 2.45) is 5.18 Å². The largest absolute Gasteiger partial charge is 0.383 e. The molecule has 31 heavy (non-hydrogen) atoms. The molecule has 1 aliphatic heterocycles. The summed E-state index contributed by atoms with van der Waals surface area (Å²) >= 11 is 0. The maximum absolute atomic E-state index is 13.0. The minimum absolute atomic E-state index is 0.269. The van der Waals surface area contributed by atoms with Crippen LogP contribution in [-0.4, -0.2) is 29.8 Å². The van der Waals surface area contributed by atoms with E-state index in [-0.39, 0.29) is 18.4 Å². The summed E-state index contributed by atoms with van der Waals surface area (Å²) < 4.78 is 0. The van der Waals surface area contributed by atoms with E-state index in [2.05, 4.69) is 10.5 Å². The lowest BCUT2D eigenvalue weighted by atomic mass is 9.94. The third-order valence-electron chi connectivity index (χ3n) is 5.72. The maximum atomic E-state index is 13.0. The van der Waals surface area contributed by atoms with Crippen molar-refractivity contribution < 1.29 is 9.59 Å². The molecule has 0 radical (unpaired) electrons. The second kappa shape index (κ2) is 7.65. The van der Waals surface area contributed by atoms with Gasteiger partial charge < -0.3 is 5.32 Å². The van der Waals surface area contributed by atoms with Gasteiger partial charge in [-0.05, 0) is 40.6 Å². The van der Waals surface area contributed by atoms with E-state index in [9.17, 15) is 14.5 Å². The van der Waals surface area contributed by atoms with Gasteiger partial charge >= 0.3 is 0 Å². The van der Waals surface area contributed by atoms with Crippen molar-refractivity contribution in [1.29, 1.82) is 0 Å². The summed E-state index contributed by atoms with van der Waals surface area (Å²) in [5.74, 6) is -0.538. The molecule has 0 fully saturated rings. The summed E-state index contributed by atoms with van der Waals surface area (Å²) in [6.07, 6.45) is 0.539. The van der Waals surface area contributed by atoms with E-state index < -0.39 is 0 Å². The van der Waals surface area contributed by atoms with Crippen molar-refractivity contribution in [3.63, 3.8) is 0 Å². The third kappa shape index (κ3) is 3.13. The van der Waals surface area contributed by atoms with Gasteiger partial charge in [0.25, 0.3) is 11.8 Å². The van der Waals surface area contributed by atoms with Crippen LogP contribution in [0.1, 0.15) is 27.1 Å². The second-order valence-corrected chi connectivity index (χ2v) is 7.52. The molecule has 0 saturated carbocycles. The fourth-order valence-corrected chi connectivity index (χ4v) is 4.26. The highest BCUT2D eigenvalue weighted by atomic mass is 16.3. The molecule has 0 bridgehead atoms. The molecule has 1 N–H and O–H groups in total. The van der Waals surface area contributed by atoms with E-state index in [1.165, 1.54) is 4.90 Å². The van der Waals surface area contributed by atoms with Gasteiger partial charge in [-0.1, -0.05) is 54.6 Å². The molecule has 0 unspecified atom stereocenters. The minimum Gasteiger partial charge on any atom is -0.383 e. The Balaban J connectivity index is 1.34. The molecule has 1 heterocycles. The number of amides is 2. The molecule has 5 rings (SSSR count). The number of rotatable bonds is 6. The fourth-order valence-electron chi connectivity index (χ4n) is 4.26. The Morgan fingerprint density at radius 2 is 1.45 bits per heavy atom. The summed E-state index contributed by atoms with van der Waals surface area (Å²) in [4.78, 5) is 38.5. The number of hydrogen-bond acceptors (Lipinski definition) is 5. The number of carbonyl (C=O) groups excluding carboxylic acids is 2. The van der Waals surface area contributed by atoms with E-state index >= 15 is 0 Å². The number of nitrogens with one attached hydrogen (secondary N) is 1. The van der Waals surface area contributed by atoms with Crippen LogP contribution < -0.4 is 5.32 Å². The second-order valence-electron chi connectivity index (χ2n) is 7.52. The molecule has 152 valence electrons. The molecule has 0 aromatic heterocycles. The summed E-state index contributed by atoms with van der Waals surface area (Å²) in [6.45, 7) is 0.767. The van der Waals surface area contributed by atoms with Crippen molar-refractivity contribution >= 4 is 44.7 Å². The zero-order valence-corrected chi connectivity index (χ0v) is 16.7. The predicted molar refractivity (Wildman–Crippen MR) is 122 cm³/mol. The maximum Gasteiger partial charge on any atom is 0.261 e. The monoisotopic (exact) mass is 409 g/mol. The first-order valence-corrected chi connectivity index (χ1v) is 10.2. The van der Waals surface area contributed by atoms with E-state index in [1.54, 1.807) is 18.2 Å². The number of carbonyl (C=O) groups is 2. The van der Waals surface area contributed by atoms with E-state index in [0.29, 0.717) is 35.5 Å². The van der Waals surface area contributed by atoms with E-state index in [4.69, 9.17) is 0 Å². The topological polar surface area (TPSA) is 78.8 Å². The third-order valence-corrected chi connectivity index (χ3v) is 5.72. The molecule has 0 spiro atoms. The first kappa shape index (κ1) is 18.9. The van der Waals surface area contributed by atoms with Gasteiger partial charge in [0.1, 0.15) is 5.69 Å². The molecule has 4 aromatic rings. The zero-order valence-electron chi connectivity index (χ0n) is 16.7. The smallest absolute Gasteiger partial charge is 0.261 e. The predicted octanol–water partition coefficient (Wildman–Crippen LogP) is 5.49. The highest BCUT2D eigenvalue weighted by Crippen LogP contribution is 2.33. The molecule has 0 aliphatic carbocycles. The van der Waals surface area contributed by atoms with Crippen molar-refractivity contribution in [3.8, 4) is 0 Å². The quantitative estimate of drug-likeness (QED) is 0.259. The Labute approximate surface area is 178 Å². The summed E-state index contributed by atoms with van der Waals surface area (Å²) in [5.41, 5.74) is 2.12. The van der Waals surface area contributed by atoms with Gasteiger partial charge in [0.2, 0.25) is 0 Å². The van der Waals surface area contributed by atoms with Crippen LogP contribution in [0.25, 0.3) is 21.5 Å². The highest BCUT2D eigenvalue weighted by Gasteiger charge is 2.32. The van der Waals surface area contributed by atoms with Crippen molar-refractivity contribution in [1.82, 2.24) is 4.90 Å². The Morgan fingerprint density at radius 1 is 0.774 bits per heavy atom. The zero-order chi connectivity index (χ0) is 21.4. The highest BCUT2D eigenvalue weighted by molar-refractivity contribution is 6.25. The van der Waals surface area contributed by atoms with Crippen LogP contribution in [0.3, 0.4) is 0 Å². The number of nitroso groups, excluding NO2 is 1. The van der Waals surface area contributed by atoms with Crippen molar-refractivity contribution in [2.75, 3.05) is 18.4 Å². The number of imide groups is 1. The number of anilines is 1. The van der Waals surface area contributed by atoms with Gasteiger partial charge in [-0.3, -0.25) is 14.5 Å². The number of hydrogen-bond donors (Lipinski definition) is 1. The molecule has 6 nitrogen and oxygen atoms in total. The molecular formula is C25H19N3O3. The van der Waals surface area contributed by atoms with Crippen LogP contribution >= 0.6 is 0 Å². The van der Waals surface area contributed by atoms with Crippen LogP contribution in [0, 0.1) is 4.91 Å². The number of benzene rings is 4. The molecular weight excluding hydrogens is 390 g/mol. The first-order valence-electron chi connectivity index (χ1n) is 10.2. The van der Waals surface area contributed by atoms with Crippen LogP contribution in [-0.2, 0) is 0 Å². The fraction of sp³-hybridized carbons (Fsp3) is 0.120. The van der Waals surface area contributed by atoms with Crippen molar-refractivity contribution in [3.05, 3.63) is 88.8 Å². The lowest BCUT2D eigenvalue weighted by Gasteiger charge is -2.27. The number of nitrogens with zero attached hydrogens (tertiary/aromatic N) is 2. The van der Waals surface area contributed by atoms with E-state index in [0.717, 1.165) is 21.5 Å². The molecule has 0 saturated heterocycles. The van der Waals surface area contributed by atoms with Gasteiger partial charge in [0.15, 0.2) is 0 Å². The van der Waals surface area contributed by atoms with Crippen molar-refractivity contribution in [2.45, 2.75) is 6.42 Å². The Kier molecular flexibility index (Phi) is 4.67. The normalized spacial score (nSPS) is 13.1.